The number of nitriles is 1. The van der Waals surface area contributed by atoms with E-state index in [0.29, 0.717) is 27.2 Å². The third-order valence-corrected chi connectivity index (χ3v) is 3.21. The maximum Gasteiger partial charge on any atom is 0.310 e. The minimum absolute atomic E-state index is 0.0593. The van der Waals surface area contributed by atoms with Crippen molar-refractivity contribution >= 4 is 33.5 Å². The van der Waals surface area contributed by atoms with Crippen molar-refractivity contribution in [1.29, 1.82) is 5.26 Å². The van der Waals surface area contributed by atoms with Crippen LogP contribution in [0, 0.1) is 11.3 Å². The van der Waals surface area contributed by atoms with Crippen molar-refractivity contribution in [3.05, 3.63) is 32.8 Å². The fourth-order valence-corrected chi connectivity index (χ4v) is 1.78. The molecule has 0 bridgehead atoms. The van der Waals surface area contributed by atoms with Gasteiger partial charge in [-0.15, -0.1) is 0 Å². The molecule has 3 nitrogen and oxygen atoms in total. The SMILES string of the molecule is CCOC(=O)Cc1ccc(Br)c(Cl)c1C#N. The second-order valence-corrected chi connectivity index (χ2v) is 4.22. The third kappa shape index (κ3) is 2.97. The Morgan fingerprint density at radius 1 is 1.62 bits per heavy atom. The van der Waals surface area contributed by atoms with Crippen molar-refractivity contribution in [1.82, 2.24) is 0 Å². The molecule has 0 atom stereocenters. The van der Waals surface area contributed by atoms with Gasteiger partial charge in [0.1, 0.15) is 6.07 Å². The van der Waals surface area contributed by atoms with Crippen molar-refractivity contribution in [2.45, 2.75) is 13.3 Å². The molecule has 5 heteroatoms. The Morgan fingerprint density at radius 2 is 2.31 bits per heavy atom. The second kappa shape index (κ2) is 5.88. The lowest BCUT2D eigenvalue weighted by atomic mass is 10.1. The molecule has 0 radical (unpaired) electrons. The van der Waals surface area contributed by atoms with Crippen LogP contribution in [0.15, 0.2) is 16.6 Å². The number of hydrogen-bond acceptors (Lipinski definition) is 3. The van der Waals surface area contributed by atoms with Crippen molar-refractivity contribution in [2.75, 3.05) is 6.61 Å². The monoisotopic (exact) mass is 301 g/mol. The first-order chi connectivity index (χ1) is 7.60. The molecule has 0 aliphatic rings. The number of ether oxygens (including phenoxy) is 1. The molecular formula is C11H9BrClNO2. The summed E-state index contributed by atoms with van der Waals surface area (Å²) in [5.41, 5.74) is 0.887. The van der Waals surface area contributed by atoms with Gasteiger partial charge in [0.2, 0.25) is 0 Å². The molecule has 1 aromatic carbocycles. The molecule has 0 heterocycles. The molecule has 0 fully saturated rings. The number of nitrogens with zero attached hydrogens (tertiary/aromatic N) is 1. The van der Waals surface area contributed by atoms with E-state index in [1.165, 1.54) is 0 Å². The molecule has 84 valence electrons. The van der Waals surface area contributed by atoms with Crippen LogP contribution in [0.4, 0.5) is 0 Å². The molecule has 0 saturated heterocycles. The summed E-state index contributed by atoms with van der Waals surface area (Å²) in [7, 11) is 0. The summed E-state index contributed by atoms with van der Waals surface area (Å²) in [5.74, 6) is -0.364. The van der Waals surface area contributed by atoms with E-state index in [9.17, 15) is 4.79 Å². The lowest BCUT2D eigenvalue weighted by Gasteiger charge is -2.06. The van der Waals surface area contributed by atoms with Gasteiger partial charge in [0.25, 0.3) is 0 Å². The van der Waals surface area contributed by atoms with E-state index in [1.54, 1.807) is 19.1 Å². The molecule has 0 N–H and O–H groups in total. The Bertz CT molecular complexity index is 454. The van der Waals surface area contributed by atoms with Crippen LogP contribution in [0.3, 0.4) is 0 Å². The zero-order valence-corrected chi connectivity index (χ0v) is 10.9. The van der Waals surface area contributed by atoms with Gasteiger partial charge in [-0.05, 0) is 34.5 Å². The summed E-state index contributed by atoms with van der Waals surface area (Å²) in [4.78, 5) is 11.3. The summed E-state index contributed by atoms with van der Waals surface area (Å²) in [5, 5.41) is 9.28. The van der Waals surface area contributed by atoms with Gasteiger partial charge >= 0.3 is 5.97 Å². The molecule has 0 amide bonds. The third-order valence-electron chi connectivity index (χ3n) is 1.93. The Kier molecular flexibility index (Phi) is 4.78. The first kappa shape index (κ1) is 13.0. The molecule has 1 rings (SSSR count). The van der Waals surface area contributed by atoms with Crippen molar-refractivity contribution in [2.24, 2.45) is 0 Å². The van der Waals surface area contributed by atoms with Gasteiger partial charge in [-0.3, -0.25) is 4.79 Å². The average molecular weight is 303 g/mol. The molecular weight excluding hydrogens is 293 g/mol. The zero-order chi connectivity index (χ0) is 12.1. The lowest BCUT2D eigenvalue weighted by Crippen LogP contribution is -2.08. The molecule has 16 heavy (non-hydrogen) atoms. The molecule has 0 aliphatic heterocycles. The topological polar surface area (TPSA) is 50.1 Å². The van der Waals surface area contributed by atoms with E-state index in [0.717, 1.165) is 0 Å². The highest BCUT2D eigenvalue weighted by Crippen LogP contribution is 2.28. The van der Waals surface area contributed by atoms with Gasteiger partial charge < -0.3 is 4.74 Å². The van der Waals surface area contributed by atoms with E-state index in [2.05, 4.69) is 15.9 Å². The smallest absolute Gasteiger partial charge is 0.310 e. The fourth-order valence-electron chi connectivity index (χ4n) is 1.23. The highest BCUT2D eigenvalue weighted by Gasteiger charge is 2.13. The Labute approximate surface area is 107 Å². The largest absolute Gasteiger partial charge is 0.466 e. The highest BCUT2D eigenvalue weighted by atomic mass is 79.9. The van der Waals surface area contributed by atoms with Crippen molar-refractivity contribution < 1.29 is 9.53 Å². The average Bonchev–Trinajstić information content (AvgIpc) is 2.24. The van der Waals surface area contributed by atoms with Crippen molar-refractivity contribution in [3.63, 3.8) is 0 Å². The number of esters is 1. The minimum Gasteiger partial charge on any atom is -0.466 e. The fraction of sp³-hybridized carbons (Fsp3) is 0.273. The first-order valence-electron chi connectivity index (χ1n) is 4.62. The van der Waals surface area contributed by atoms with Crippen LogP contribution in [0.2, 0.25) is 5.02 Å². The van der Waals surface area contributed by atoms with Gasteiger partial charge in [-0.2, -0.15) is 5.26 Å². The molecule has 0 saturated carbocycles. The quantitative estimate of drug-likeness (QED) is 0.806. The number of rotatable bonds is 3. The normalized spacial score (nSPS) is 9.62. The molecule has 1 aromatic rings. The van der Waals surface area contributed by atoms with E-state index in [1.807, 2.05) is 6.07 Å². The highest BCUT2D eigenvalue weighted by molar-refractivity contribution is 9.10. The van der Waals surface area contributed by atoms with Gasteiger partial charge in [-0.25, -0.2) is 0 Å². The molecule has 0 aliphatic carbocycles. The number of hydrogen-bond donors (Lipinski definition) is 0. The van der Waals surface area contributed by atoms with Crippen LogP contribution in [0.25, 0.3) is 0 Å². The van der Waals surface area contributed by atoms with Gasteiger partial charge in [0.15, 0.2) is 0 Å². The predicted octanol–water partition coefficient (Wildman–Crippen LogP) is 3.08. The summed E-state index contributed by atoms with van der Waals surface area (Å²) in [6, 6.07) is 5.37. The van der Waals surface area contributed by atoms with Crippen molar-refractivity contribution in [3.8, 4) is 6.07 Å². The van der Waals surface area contributed by atoms with Crippen LogP contribution < -0.4 is 0 Å². The van der Waals surface area contributed by atoms with Crippen LogP contribution in [-0.2, 0) is 16.0 Å². The van der Waals surface area contributed by atoms with E-state index >= 15 is 0 Å². The van der Waals surface area contributed by atoms with Gasteiger partial charge in [-0.1, -0.05) is 17.7 Å². The van der Waals surface area contributed by atoms with Crippen LogP contribution in [0.5, 0.6) is 0 Å². The second-order valence-electron chi connectivity index (χ2n) is 2.99. The predicted molar refractivity (Wildman–Crippen MR) is 64.2 cm³/mol. The summed E-state index contributed by atoms with van der Waals surface area (Å²) < 4.78 is 5.45. The van der Waals surface area contributed by atoms with E-state index in [-0.39, 0.29) is 12.4 Å². The summed E-state index contributed by atoms with van der Waals surface area (Å²) >= 11 is 9.16. The summed E-state index contributed by atoms with van der Waals surface area (Å²) in [6.07, 6.45) is 0.0593. The maximum atomic E-state index is 11.3. The Morgan fingerprint density at radius 3 is 2.88 bits per heavy atom. The zero-order valence-electron chi connectivity index (χ0n) is 8.59. The standard InChI is InChI=1S/C11H9BrClNO2/c1-2-16-10(15)5-7-3-4-9(12)11(13)8(7)6-14/h3-4H,2,5H2,1H3. The van der Waals surface area contributed by atoms with Crippen LogP contribution >= 0.6 is 27.5 Å². The molecule has 0 spiro atoms. The lowest BCUT2D eigenvalue weighted by molar-refractivity contribution is -0.142. The number of carbonyl (C=O) groups is 1. The van der Waals surface area contributed by atoms with Gasteiger partial charge in [0, 0.05) is 4.47 Å². The first-order valence-corrected chi connectivity index (χ1v) is 5.79. The maximum absolute atomic E-state index is 11.3. The number of halogens is 2. The molecule has 0 aromatic heterocycles. The van der Waals surface area contributed by atoms with Crippen LogP contribution in [-0.4, -0.2) is 12.6 Å². The number of carbonyl (C=O) groups excluding carboxylic acids is 1. The van der Waals surface area contributed by atoms with E-state index < -0.39 is 0 Å². The minimum atomic E-state index is -0.364. The van der Waals surface area contributed by atoms with Crippen LogP contribution in [0.1, 0.15) is 18.1 Å². The molecule has 0 unspecified atom stereocenters. The number of benzene rings is 1. The summed E-state index contributed by atoms with van der Waals surface area (Å²) in [6.45, 7) is 2.06. The Balaban J connectivity index is 3.02. The van der Waals surface area contributed by atoms with E-state index in [4.69, 9.17) is 21.6 Å². The van der Waals surface area contributed by atoms with Gasteiger partial charge in [0.05, 0.1) is 23.6 Å². The Hall–Kier alpha value is -1.05.